The number of nitrogens with zero attached hydrogens (tertiary/aromatic N) is 4. The maximum Gasteiger partial charge on any atom is 0.116 e. The average molecular weight is 313 g/mol. The molecule has 5 nitrogen and oxygen atoms in total. The molecule has 24 heavy (non-hydrogen) atoms. The van der Waals surface area contributed by atoms with Crippen molar-refractivity contribution in [2.45, 2.75) is 0 Å². The van der Waals surface area contributed by atoms with Crippen LogP contribution in [0.2, 0.25) is 0 Å². The minimum atomic E-state index is 0.905. The molecule has 0 unspecified atom stereocenters. The fourth-order valence-corrected chi connectivity index (χ4v) is 2.71. The lowest BCUT2D eigenvalue weighted by Crippen LogP contribution is -1.92. The van der Waals surface area contributed by atoms with Gasteiger partial charge in [-0.3, -0.25) is 9.97 Å². The number of anilines is 1. The van der Waals surface area contributed by atoms with Crippen molar-refractivity contribution >= 4 is 16.6 Å². The molecule has 0 aliphatic rings. The van der Waals surface area contributed by atoms with Gasteiger partial charge < -0.3 is 5.32 Å². The minimum Gasteiger partial charge on any atom is -0.387 e. The van der Waals surface area contributed by atoms with Gasteiger partial charge in [0.05, 0.1) is 16.9 Å². The van der Waals surface area contributed by atoms with Gasteiger partial charge in [-0.25, -0.2) is 9.97 Å². The molecule has 0 bridgehead atoms. The molecule has 0 fully saturated rings. The lowest BCUT2D eigenvalue weighted by atomic mass is 10.0. The number of aromatic nitrogens is 4. The molecular weight excluding hydrogens is 298 g/mol. The van der Waals surface area contributed by atoms with Gasteiger partial charge in [0.1, 0.15) is 6.33 Å². The summed E-state index contributed by atoms with van der Waals surface area (Å²) in [6, 6.07) is 12.2. The monoisotopic (exact) mass is 313 g/mol. The zero-order valence-electron chi connectivity index (χ0n) is 13.1. The Balaban J connectivity index is 1.91. The first-order valence-corrected chi connectivity index (χ1v) is 7.63. The molecule has 1 aromatic carbocycles. The van der Waals surface area contributed by atoms with Crippen molar-refractivity contribution in [1.29, 1.82) is 0 Å². The third-order valence-electron chi connectivity index (χ3n) is 3.95. The third-order valence-corrected chi connectivity index (χ3v) is 3.95. The lowest BCUT2D eigenvalue weighted by Gasteiger charge is -2.08. The van der Waals surface area contributed by atoms with Crippen LogP contribution >= 0.6 is 0 Å². The van der Waals surface area contributed by atoms with E-state index in [1.165, 1.54) is 0 Å². The second-order valence-electron chi connectivity index (χ2n) is 5.40. The van der Waals surface area contributed by atoms with Gasteiger partial charge in [-0.15, -0.1) is 0 Å². The first-order valence-electron chi connectivity index (χ1n) is 7.63. The maximum absolute atomic E-state index is 4.48. The van der Waals surface area contributed by atoms with E-state index < -0.39 is 0 Å². The standard InChI is InChI=1S/C19H15N5/c1-20-16-8-15(10-22-11-16)14-2-3-18-17(9-14)19(24-12-23-18)13-4-6-21-7-5-13/h2-12,20H,1H3. The van der Waals surface area contributed by atoms with Crippen molar-refractivity contribution in [3.63, 3.8) is 0 Å². The van der Waals surface area contributed by atoms with Crippen molar-refractivity contribution in [3.05, 3.63) is 67.5 Å². The molecule has 0 aliphatic carbocycles. The van der Waals surface area contributed by atoms with Gasteiger partial charge in [0.15, 0.2) is 0 Å². The molecule has 116 valence electrons. The Bertz CT molecular complexity index is 999. The number of nitrogens with one attached hydrogen (secondary N) is 1. The minimum absolute atomic E-state index is 0.905. The van der Waals surface area contributed by atoms with E-state index in [2.05, 4.69) is 43.5 Å². The molecule has 0 spiro atoms. The van der Waals surface area contributed by atoms with Crippen LogP contribution in [-0.2, 0) is 0 Å². The molecule has 0 radical (unpaired) electrons. The fourth-order valence-electron chi connectivity index (χ4n) is 2.71. The number of rotatable bonds is 3. The Morgan fingerprint density at radius 3 is 2.50 bits per heavy atom. The Morgan fingerprint density at radius 1 is 0.792 bits per heavy atom. The second-order valence-corrected chi connectivity index (χ2v) is 5.40. The largest absolute Gasteiger partial charge is 0.387 e. The highest BCUT2D eigenvalue weighted by Gasteiger charge is 2.08. The number of pyridine rings is 2. The van der Waals surface area contributed by atoms with E-state index in [1.54, 1.807) is 24.9 Å². The first kappa shape index (κ1) is 14.3. The highest BCUT2D eigenvalue weighted by Crippen LogP contribution is 2.29. The smallest absolute Gasteiger partial charge is 0.116 e. The predicted molar refractivity (Wildman–Crippen MR) is 95.5 cm³/mol. The number of hydrogen-bond donors (Lipinski definition) is 1. The van der Waals surface area contributed by atoms with Crippen LogP contribution in [0.25, 0.3) is 33.3 Å². The Kier molecular flexibility index (Phi) is 3.59. The quantitative estimate of drug-likeness (QED) is 0.623. The summed E-state index contributed by atoms with van der Waals surface area (Å²) in [5.74, 6) is 0. The zero-order chi connectivity index (χ0) is 16.4. The van der Waals surface area contributed by atoms with Crippen LogP contribution in [0.15, 0.2) is 67.5 Å². The summed E-state index contributed by atoms with van der Waals surface area (Å²) in [7, 11) is 1.89. The van der Waals surface area contributed by atoms with E-state index >= 15 is 0 Å². The van der Waals surface area contributed by atoms with Gasteiger partial charge in [0, 0.05) is 48.3 Å². The normalized spacial score (nSPS) is 10.7. The lowest BCUT2D eigenvalue weighted by molar-refractivity contribution is 1.22. The van der Waals surface area contributed by atoms with Gasteiger partial charge in [0.2, 0.25) is 0 Å². The topological polar surface area (TPSA) is 63.6 Å². The van der Waals surface area contributed by atoms with Gasteiger partial charge in [-0.2, -0.15) is 0 Å². The Labute approximate surface area is 139 Å². The van der Waals surface area contributed by atoms with Crippen LogP contribution in [0, 0.1) is 0 Å². The van der Waals surface area contributed by atoms with E-state index in [0.29, 0.717) is 0 Å². The van der Waals surface area contributed by atoms with Crippen molar-refractivity contribution in [2.75, 3.05) is 12.4 Å². The molecule has 4 rings (SSSR count). The van der Waals surface area contributed by atoms with Crippen molar-refractivity contribution < 1.29 is 0 Å². The van der Waals surface area contributed by atoms with Crippen LogP contribution < -0.4 is 5.32 Å². The van der Waals surface area contributed by atoms with Crippen molar-refractivity contribution in [2.24, 2.45) is 0 Å². The number of benzene rings is 1. The van der Waals surface area contributed by atoms with Crippen LogP contribution in [0.1, 0.15) is 0 Å². The molecule has 4 aromatic rings. The molecule has 3 aromatic heterocycles. The predicted octanol–water partition coefficient (Wildman–Crippen LogP) is 3.80. The molecule has 0 saturated heterocycles. The molecule has 3 heterocycles. The Hall–Kier alpha value is -3.34. The number of fused-ring (bicyclic) bond motifs is 1. The maximum atomic E-state index is 4.48. The average Bonchev–Trinajstić information content (AvgIpc) is 2.68. The number of hydrogen-bond acceptors (Lipinski definition) is 5. The molecule has 1 N–H and O–H groups in total. The van der Waals surface area contributed by atoms with E-state index in [9.17, 15) is 0 Å². The van der Waals surface area contributed by atoms with Crippen LogP contribution in [0.5, 0.6) is 0 Å². The van der Waals surface area contributed by atoms with Gasteiger partial charge in [-0.05, 0) is 35.9 Å². The van der Waals surface area contributed by atoms with E-state index in [1.807, 2.05) is 31.4 Å². The fraction of sp³-hybridized carbons (Fsp3) is 0.0526. The highest BCUT2D eigenvalue weighted by atomic mass is 14.8. The third kappa shape index (κ3) is 2.56. The summed E-state index contributed by atoms with van der Waals surface area (Å²) in [6.45, 7) is 0. The molecule has 0 saturated carbocycles. The van der Waals surface area contributed by atoms with E-state index in [4.69, 9.17) is 0 Å². The first-order chi connectivity index (χ1) is 11.8. The van der Waals surface area contributed by atoms with Crippen LogP contribution in [-0.4, -0.2) is 27.0 Å². The molecule has 0 amide bonds. The summed E-state index contributed by atoms with van der Waals surface area (Å²) >= 11 is 0. The van der Waals surface area contributed by atoms with Crippen molar-refractivity contribution in [1.82, 2.24) is 19.9 Å². The van der Waals surface area contributed by atoms with Crippen LogP contribution in [0.3, 0.4) is 0 Å². The summed E-state index contributed by atoms with van der Waals surface area (Å²) in [6.07, 6.45) is 8.80. The van der Waals surface area contributed by atoms with E-state index in [0.717, 1.165) is 39.0 Å². The van der Waals surface area contributed by atoms with Gasteiger partial charge >= 0.3 is 0 Å². The van der Waals surface area contributed by atoms with Crippen LogP contribution in [0.4, 0.5) is 5.69 Å². The summed E-state index contributed by atoms with van der Waals surface area (Å²) in [5, 5.41) is 4.13. The molecule has 5 heteroatoms. The summed E-state index contributed by atoms with van der Waals surface area (Å²) < 4.78 is 0. The molecular formula is C19H15N5. The Morgan fingerprint density at radius 2 is 1.67 bits per heavy atom. The zero-order valence-corrected chi connectivity index (χ0v) is 13.1. The highest BCUT2D eigenvalue weighted by molar-refractivity contribution is 5.94. The summed E-state index contributed by atoms with van der Waals surface area (Å²) in [4.78, 5) is 17.2. The second kappa shape index (κ2) is 6.04. The molecule has 0 atom stereocenters. The van der Waals surface area contributed by atoms with Gasteiger partial charge in [-0.1, -0.05) is 6.07 Å². The molecule has 0 aliphatic heterocycles. The van der Waals surface area contributed by atoms with E-state index in [-0.39, 0.29) is 0 Å². The summed E-state index contributed by atoms with van der Waals surface area (Å²) in [5.41, 5.74) is 5.95. The van der Waals surface area contributed by atoms with Crippen molar-refractivity contribution in [3.8, 4) is 22.4 Å². The SMILES string of the molecule is CNc1cncc(-c2ccc3ncnc(-c4ccncc4)c3c2)c1. The van der Waals surface area contributed by atoms with Gasteiger partial charge in [0.25, 0.3) is 0 Å².